The number of hydrogen-bond acceptors (Lipinski definition) is 4. The fourth-order valence-electron chi connectivity index (χ4n) is 5.42. The highest BCUT2D eigenvalue weighted by molar-refractivity contribution is 5.94. The molecule has 3 heterocycles. The Labute approximate surface area is 162 Å². The van der Waals surface area contributed by atoms with Crippen LogP contribution in [0.3, 0.4) is 0 Å². The molecule has 3 saturated heterocycles. The standard InChI is InChI=1S/C23H31N3O/c1-2-6-22-18(4-1)5-3-7-23(22)26-20-8-9-21(26)17-19(16-20)24-10-11-25-12-14-27-15-13-25/h1-7,19-21,24H,8-17H2. The van der Waals surface area contributed by atoms with Gasteiger partial charge >= 0.3 is 0 Å². The number of piperidine rings is 1. The maximum Gasteiger partial charge on any atom is 0.0594 e. The molecule has 2 atom stereocenters. The molecular weight excluding hydrogens is 334 g/mol. The molecule has 2 bridgehead atoms. The summed E-state index contributed by atoms with van der Waals surface area (Å²) in [5, 5.41) is 6.64. The Morgan fingerprint density at radius 3 is 2.48 bits per heavy atom. The molecule has 144 valence electrons. The van der Waals surface area contributed by atoms with E-state index in [1.165, 1.54) is 42.1 Å². The summed E-state index contributed by atoms with van der Waals surface area (Å²) < 4.78 is 5.45. The maximum atomic E-state index is 5.45. The SMILES string of the molecule is c1ccc2c(N3C4CCC3CC(NCCN3CCOCC3)C4)cccc2c1. The lowest BCUT2D eigenvalue weighted by Gasteiger charge is -2.41. The maximum absolute atomic E-state index is 5.45. The van der Waals surface area contributed by atoms with Crippen molar-refractivity contribution >= 4 is 16.5 Å². The van der Waals surface area contributed by atoms with Gasteiger partial charge in [-0.25, -0.2) is 0 Å². The van der Waals surface area contributed by atoms with Crippen molar-refractivity contribution in [2.45, 2.75) is 43.8 Å². The normalized spacial score (nSPS) is 28.7. The Bertz CT molecular complexity index is 754. The van der Waals surface area contributed by atoms with Crippen LogP contribution >= 0.6 is 0 Å². The molecule has 2 unspecified atom stereocenters. The number of morpholine rings is 1. The first kappa shape index (κ1) is 17.5. The zero-order valence-electron chi connectivity index (χ0n) is 16.1. The van der Waals surface area contributed by atoms with Crippen LogP contribution in [0.5, 0.6) is 0 Å². The number of anilines is 1. The molecule has 0 radical (unpaired) electrons. The summed E-state index contributed by atoms with van der Waals surface area (Å²) in [5.41, 5.74) is 1.45. The molecule has 0 saturated carbocycles. The summed E-state index contributed by atoms with van der Waals surface area (Å²) in [6.07, 6.45) is 5.25. The van der Waals surface area contributed by atoms with Gasteiger partial charge in [0.25, 0.3) is 0 Å². The zero-order chi connectivity index (χ0) is 18.1. The third kappa shape index (κ3) is 3.58. The van der Waals surface area contributed by atoms with Crippen molar-refractivity contribution in [1.29, 1.82) is 0 Å². The summed E-state index contributed by atoms with van der Waals surface area (Å²) in [6.45, 7) is 6.24. The zero-order valence-corrected chi connectivity index (χ0v) is 16.1. The van der Waals surface area contributed by atoms with E-state index in [1.54, 1.807) is 0 Å². The number of fused-ring (bicyclic) bond motifs is 3. The van der Waals surface area contributed by atoms with E-state index in [4.69, 9.17) is 4.74 Å². The van der Waals surface area contributed by atoms with E-state index in [-0.39, 0.29) is 0 Å². The van der Waals surface area contributed by atoms with E-state index in [0.717, 1.165) is 39.4 Å². The quantitative estimate of drug-likeness (QED) is 0.880. The van der Waals surface area contributed by atoms with E-state index in [2.05, 4.69) is 57.6 Å². The predicted molar refractivity (Wildman–Crippen MR) is 112 cm³/mol. The van der Waals surface area contributed by atoms with Crippen molar-refractivity contribution in [3.8, 4) is 0 Å². The minimum Gasteiger partial charge on any atom is -0.379 e. The molecule has 3 fully saturated rings. The molecule has 0 aliphatic carbocycles. The van der Waals surface area contributed by atoms with Gasteiger partial charge in [-0.3, -0.25) is 4.90 Å². The van der Waals surface area contributed by atoms with Gasteiger partial charge in [-0.1, -0.05) is 36.4 Å². The Kier molecular flexibility index (Phi) is 5.04. The highest BCUT2D eigenvalue weighted by Crippen LogP contribution is 2.41. The Morgan fingerprint density at radius 2 is 1.67 bits per heavy atom. The molecule has 0 amide bonds. The molecule has 27 heavy (non-hydrogen) atoms. The second-order valence-electron chi connectivity index (χ2n) is 8.37. The summed E-state index contributed by atoms with van der Waals surface area (Å²) in [6, 6.07) is 17.7. The number of benzene rings is 2. The Balaban J connectivity index is 1.24. The average molecular weight is 366 g/mol. The minimum atomic E-state index is 0.676. The van der Waals surface area contributed by atoms with Crippen LogP contribution in [0.4, 0.5) is 5.69 Å². The van der Waals surface area contributed by atoms with E-state index in [0.29, 0.717) is 18.1 Å². The van der Waals surface area contributed by atoms with Crippen molar-refractivity contribution in [2.24, 2.45) is 0 Å². The van der Waals surface area contributed by atoms with Gasteiger partial charge in [0.1, 0.15) is 0 Å². The predicted octanol–water partition coefficient (Wildman–Crippen LogP) is 3.26. The van der Waals surface area contributed by atoms with Crippen molar-refractivity contribution in [1.82, 2.24) is 10.2 Å². The van der Waals surface area contributed by atoms with Crippen LogP contribution in [-0.2, 0) is 4.74 Å². The molecular formula is C23H31N3O. The van der Waals surface area contributed by atoms with Gasteiger partial charge in [0.05, 0.1) is 13.2 Å². The second kappa shape index (κ2) is 7.78. The molecule has 4 nitrogen and oxygen atoms in total. The smallest absolute Gasteiger partial charge is 0.0594 e. The van der Waals surface area contributed by atoms with Crippen molar-refractivity contribution < 1.29 is 4.74 Å². The first-order chi connectivity index (χ1) is 13.4. The van der Waals surface area contributed by atoms with Crippen LogP contribution < -0.4 is 10.2 Å². The van der Waals surface area contributed by atoms with E-state index < -0.39 is 0 Å². The van der Waals surface area contributed by atoms with Gasteiger partial charge < -0.3 is 15.0 Å². The lowest BCUT2D eigenvalue weighted by atomic mass is 9.95. The molecule has 0 aromatic heterocycles. The van der Waals surface area contributed by atoms with Crippen LogP contribution in [0.25, 0.3) is 10.8 Å². The van der Waals surface area contributed by atoms with Crippen LogP contribution in [0.2, 0.25) is 0 Å². The van der Waals surface area contributed by atoms with Crippen LogP contribution in [-0.4, -0.2) is 62.4 Å². The molecule has 0 spiro atoms. The largest absolute Gasteiger partial charge is 0.379 e. The molecule has 2 aromatic carbocycles. The molecule has 3 aliphatic rings. The lowest BCUT2D eigenvalue weighted by Crippen LogP contribution is -2.50. The topological polar surface area (TPSA) is 27.7 Å². The van der Waals surface area contributed by atoms with E-state index >= 15 is 0 Å². The fraction of sp³-hybridized carbons (Fsp3) is 0.565. The van der Waals surface area contributed by atoms with Gasteiger partial charge in [-0.15, -0.1) is 0 Å². The Hall–Kier alpha value is -1.62. The second-order valence-corrected chi connectivity index (χ2v) is 8.37. The van der Waals surface area contributed by atoms with Gasteiger partial charge in [-0.2, -0.15) is 0 Å². The molecule has 4 heteroatoms. The summed E-state index contributed by atoms with van der Waals surface area (Å²) >= 11 is 0. The first-order valence-corrected chi connectivity index (χ1v) is 10.7. The summed E-state index contributed by atoms with van der Waals surface area (Å²) in [5.74, 6) is 0. The van der Waals surface area contributed by atoms with Gasteiger partial charge in [0, 0.05) is 55.4 Å². The van der Waals surface area contributed by atoms with E-state index in [9.17, 15) is 0 Å². The first-order valence-electron chi connectivity index (χ1n) is 10.7. The van der Waals surface area contributed by atoms with Gasteiger partial charge in [0.15, 0.2) is 0 Å². The number of hydrogen-bond donors (Lipinski definition) is 1. The summed E-state index contributed by atoms with van der Waals surface area (Å²) in [4.78, 5) is 5.28. The van der Waals surface area contributed by atoms with Gasteiger partial charge in [-0.05, 0) is 37.1 Å². The van der Waals surface area contributed by atoms with Crippen LogP contribution in [0, 0.1) is 0 Å². The third-order valence-corrected chi connectivity index (χ3v) is 6.74. The average Bonchev–Trinajstić information content (AvgIpc) is 2.98. The monoisotopic (exact) mass is 365 g/mol. The van der Waals surface area contributed by atoms with Gasteiger partial charge in [0.2, 0.25) is 0 Å². The minimum absolute atomic E-state index is 0.676. The molecule has 3 aliphatic heterocycles. The number of nitrogens with one attached hydrogen (secondary N) is 1. The number of rotatable bonds is 5. The number of ether oxygens (including phenoxy) is 1. The summed E-state index contributed by atoms with van der Waals surface area (Å²) in [7, 11) is 0. The van der Waals surface area contributed by atoms with Crippen molar-refractivity contribution in [2.75, 3.05) is 44.3 Å². The van der Waals surface area contributed by atoms with E-state index in [1.807, 2.05) is 0 Å². The Morgan fingerprint density at radius 1 is 0.926 bits per heavy atom. The molecule has 1 N–H and O–H groups in total. The van der Waals surface area contributed by atoms with Crippen LogP contribution in [0.15, 0.2) is 42.5 Å². The molecule has 5 rings (SSSR count). The lowest BCUT2D eigenvalue weighted by molar-refractivity contribution is 0.0380. The highest BCUT2D eigenvalue weighted by atomic mass is 16.5. The van der Waals surface area contributed by atoms with Crippen molar-refractivity contribution in [3.63, 3.8) is 0 Å². The number of nitrogens with zero attached hydrogens (tertiary/aromatic N) is 2. The third-order valence-electron chi connectivity index (χ3n) is 6.74. The fourth-order valence-corrected chi connectivity index (χ4v) is 5.42. The van der Waals surface area contributed by atoms with Crippen LogP contribution in [0.1, 0.15) is 25.7 Å². The van der Waals surface area contributed by atoms with Crippen molar-refractivity contribution in [3.05, 3.63) is 42.5 Å². The molecule has 2 aromatic rings. The highest BCUT2D eigenvalue weighted by Gasteiger charge is 2.41.